The summed E-state index contributed by atoms with van der Waals surface area (Å²) in [5.74, 6) is -0.0521. The lowest BCUT2D eigenvalue weighted by Gasteiger charge is -2.17. The Morgan fingerprint density at radius 2 is 2.00 bits per heavy atom. The predicted molar refractivity (Wildman–Crippen MR) is 97.6 cm³/mol. The van der Waals surface area contributed by atoms with Gasteiger partial charge in [-0.25, -0.2) is 4.98 Å². The molecule has 1 N–H and O–H groups in total. The molecule has 0 radical (unpaired) electrons. The van der Waals surface area contributed by atoms with Gasteiger partial charge in [0, 0.05) is 31.2 Å². The maximum absolute atomic E-state index is 12.7. The first-order valence-electron chi connectivity index (χ1n) is 8.30. The molecule has 3 heterocycles. The van der Waals surface area contributed by atoms with Crippen molar-refractivity contribution in [2.45, 2.75) is 13.0 Å². The quantitative estimate of drug-likeness (QED) is 0.797. The molecule has 5 heteroatoms. The predicted octanol–water partition coefficient (Wildman–Crippen LogP) is 3.29. The van der Waals surface area contributed by atoms with E-state index >= 15 is 0 Å². The van der Waals surface area contributed by atoms with E-state index in [9.17, 15) is 4.79 Å². The lowest BCUT2D eigenvalue weighted by Crippen LogP contribution is -2.29. The molecule has 1 aliphatic heterocycles. The van der Waals surface area contributed by atoms with Gasteiger partial charge in [0.25, 0.3) is 5.91 Å². The normalized spacial score (nSPS) is 12.7. The number of amides is 1. The molecule has 25 heavy (non-hydrogen) atoms. The zero-order chi connectivity index (χ0) is 17.1. The van der Waals surface area contributed by atoms with Gasteiger partial charge < -0.3 is 10.2 Å². The minimum Gasteiger partial charge on any atom is -0.380 e. The summed E-state index contributed by atoms with van der Waals surface area (Å²) in [7, 11) is 0. The molecule has 5 nitrogen and oxygen atoms in total. The number of rotatable bonds is 4. The topological polar surface area (TPSA) is 58.1 Å². The van der Waals surface area contributed by atoms with Gasteiger partial charge in [-0.15, -0.1) is 0 Å². The summed E-state index contributed by atoms with van der Waals surface area (Å²) in [6.07, 6.45) is 6.17. The van der Waals surface area contributed by atoms with E-state index in [1.54, 1.807) is 23.4 Å². The first kappa shape index (κ1) is 15.3. The van der Waals surface area contributed by atoms with Crippen LogP contribution in [-0.2, 0) is 13.0 Å². The van der Waals surface area contributed by atoms with Crippen molar-refractivity contribution in [3.63, 3.8) is 0 Å². The summed E-state index contributed by atoms with van der Waals surface area (Å²) in [5.41, 5.74) is 4.64. The SMILES string of the molecule is O=C(c1ccc(NCc2cccnc2)cn1)N1CCc2ccccc21. The Hall–Kier alpha value is -3.21. The van der Waals surface area contributed by atoms with Crippen molar-refractivity contribution < 1.29 is 4.79 Å². The van der Waals surface area contributed by atoms with Gasteiger partial charge in [-0.3, -0.25) is 9.78 Å². The van der Waals surface area contributed by atoms with Crippen LogP contribution < -0.4 is 10.2 Å². The van der Waals surface area contributed by atoms with Crippen molar-refractivity contribution in [3.8, 4) is 0 Å². The number of hydrogen-bond acceptors (Lipinski definition) is 4. The molecule has 1 aliphatic rings. The maximum Gasteiger partial charge on any atom is 0.276 e. The van der Waals surface area contributed by atoms with Gasteiger partial charge in [0.2, 0.25) is 0 Å². The molecule has 1 aromatic carbocycles. The van der Waals surface area contributed by atoms with Crippen LogP contribution in [-0.4, -0.2) is 22.4 Å². The van der Waals surface area contributed by atoms with Gasteiger partial charge in [0.05, 0.1) is 11.9 Å². The van der Waals surface area contributed by atoms with Crippen molar-refractivity contribution in [1.29, 1.82) is 0 Å². The van der Waals surface area contributed by atoms with E-state index in [4.69, 9.17) is 0 Å². The minimum absolute atomic E-state index is 0.0521. The minimum atomic E-state index is -0.0521. The third-order valence-electron chi connectivity index (χ3n) is 4.33. The van der Waals surface area contributed by atoms with Crippen LogP contribution in [0.3, 0.4) is 0 Å². The Balaban J connectivity index is 1.44. The number of aromatic nitrogens is 2. The van der Waals surface area contributed by atoms with E-state index < -0.39 is 0 Å². The van der Waals surface area contributed by atoms with Gasteiger partial charge in [-0.2, -0.15) is 0 Å². The highest BCUT2D eigenvalue weighted by Crippen LogP contribution is 2.28. The average Bonchev–Trinajstić information content (AvgIpc) is 3.11. The van der Waals surface area contributed by atoms with E-state index in [2.05, 4.69) is 21.4 Å². The third-order valence-corrected chi connectivity index (χ3v) is 4.33. The molecule has 2 aromatic heterocycles. The summed E-state index contributed by atoms with van der Waals surface area (Å²) in [6.45, 7) is 1.38. The highest BCUT2D eigenvalue weighted by atomic mass is 16.2. The van der Waals surface area contributed by atoms with Crippen molar-refractivity contribution in [3.05, 3.63) is 83.9 Å². The van der Waals surface area contributed by atoms with E-state index in [0.29, 0.717) is 18.8 Å². The summed E-state index contributed by atoms with van der Waals surface area (Å²) in [4.78, 5) is 23.0. The van der Waals surface area contributed by atoms with Crippen LogP contribution in [0, 0.1) is 0 Å². The fraction of sp³-hybridized carbons (Fsp3) is 0.150. The second-order valence-corrected chi connectivity index (χ2v) is 5.98. The Labute approximate surface area is 146 Å². The van der Waals surface area contributed by atoms with Crippen LogP contribution in [0.5, 0.6) is 0 Å². The number of anilines is 2. The smallest absolute Gasteiger partial charge is 0.276 e. The third kappa shape index (κ3) is 3.21. The van der Waals surface area contributed by atoms with Gasteiger partial charge in [-0.1, -0.05) is 24.3 Å². The standard InChI is InChI=1S/C20H18N4O/c25-20(24-11-9-16-5-1-2-6-19(16)24)18-8-7-17(14-23-18)22-13-15-4-3-10-21-12-15/h1-8,10,12,14,22H,9,11,13H2. The number of carbonyl (C=O) groups excluding carboxylic acids is 1. The van der Waals surface area contributed by atoms with E-state index in [1.165, 1.54) is 5.56 Å². The fourth-order valence-electron chi connectivity index (χ4n) is 3.02. The number of para-hydroxylation sites is 1. The van der Waals surface area contributed by atoms with Crippen LogP contribution in [0.2, 0.25) is 0 Å². The van der Waals surface area contributed by atoms with Gasteiger partial charge in [0.1, 0.15) is 5.69 Å². The molecule has 0 saturated heterocycles. The molecule has 3 aromatic rings. The second-order valence-electron chi connectivity index (χ2n) is 5.98. The van der Waals surface area contributed by atoms with Crippen molar-refractivity contribution in [1.82, 2.24) is 9.97 Å². The number of fused-ring (bicyclic) bond motifs is 1. The van der Waals surface area contributed by atoms with Crippen LogP contribution >= 0.6 is 0 Å². The number of nitrogens with one attached hydrogen (secondary N) is 1. The molecule has 1 amide bonds. The molecule has 4 rings (SSSR count). The lowest BCUT2D eigenvalue weighted by molar-refractivity contribution is 0.0984. The summed E-state index contributed by atoms with van der Waals surface area (Å²) < 4.78 is 0. The Bertz CT molecular complexity index is 878. The molecular weight excluding hydrogens is 312 g/mol. The van der Waals surface area contributed by atoms with Gasteiger partial charge in [0.15, 0.2) is 0 Å². The van der Waals surface area contributed by atoms with Crippen LogP contribution in [0.1, 0.15) is 21.6 Å². The summed E-state index contributed by atoms with van der Waals surface area (Å²) in [5, 5.41) is 3.28. The molecule has 0 spiro atoms. The molecule has 0 fully saturated rings. The van der Waals surface area contributed by atoms with Crippen molar-refractivity contribution in [2.24, 2.45) is 0 Å². The Morgan fingerprint density at radius 3 is 2.80 bits per heavy atom. The average molecular weight is 330 g/mol. The van der Waals surface area contributed by atoms with Crippen molar-refractivity contribution >= 4 is 17.3 Å². The number of benzene rings is 1. The van der Waals surface area contributed by atoms with E-state index in [-0.39, 0.29) is 5.91 Å². The molecule has 0 aliphatic carbocycles. The number of pyridine rings is 2. The molecule has 0 saturated carbocycles. The first-order valence-corrected chi connectivity index (χ1v) is 8.30. The van der Waals surface area contributed by atoms with Crippen LogP contribution in [0.4, 0.5) is 11.4 Å². The van der Waals surface area contributed by atoms with E-state index in [0.717, 1.165) is 23.4 Å². The second kappa shape index (κ2) is 6.73. The maximum atomic E-state index is 12.7. The largest absolute Gasteiger partial charge is 0.380 e. The highest BCUT2D eigenvalue weighted by molar-refractivity contribution is 6.06. The van der Waals surface area contributed by atoms with Crippen LogP contribution in [0.25, 0.3) is 0 Å². The van der Waals surface area contributed by atoms with Gasteiger partial charge >= 0.3 is 0 Å². The monoisotopic (exact) mass is 330 g/mol. The summed E-state index contributed by atoms with van der Waals surface area (Å²) in [6, 6.07) is 15.6. The fourth-order valence-corrected chi connectivity index (χ4v) is 3.02. The molecule has 0 unspecified atom stereocenters. The lowest BCUT2D eigenvalue weighted by atomic mass is 10.2. The van der Waals surface area contributed by atoms with Crippen molar-refractivity contribution in [2.75, 3.05) is 16.8 Å². The zero-order valence-corrected chi connectivity index (χ0v) is 13.7. The number of nitrogens with zero attached hydrogens (tertiary/aromatic N) is 3. The molecule has 124 valence electrons. The Kier molecular flexibility index (Phi) is 4.12. The molecular formula is C20H18N4O. The molecule has 0 bridgehead atoms. The number of hydrogen-bond donors (Lipinski definition) is 1. The van der Waals surface area contributed by atoms with Gasteiger partial charge in [-0.05, 0) is 41.8 Å². The zero-order valence-electron chi connectivity index (χ0n) is 13.7. The number of carbonyl (C=O) groups is 1. The first-order chi connectivity index (χ1) is 12.3. The van der Waals surface area contributed by atoms with E-state index in [1.807, 2.05) is 42.6 Å². The van der Waals surface area contributed by atoms with Crippen LogP contribution in [0.15, 0.2) is 67.1 Å². The summed E-state index contributed by atoms with van der Waals surface area (Å²) >= 11 is 0. The highest BCUT2D eigenvalue weighted by Gasteiger charge is 2.25. The molecule has 0 atom stereocenters. The Morgan fingerprint density at radius 1 is 1.08 bits per heavy atom.